The van der Waals surface area contributed by atoms with E-state index in [9.17, 15) is 4.39 Å². The highest BCUT2D eigenvalue weighted by Crippen LogP contribution is 2.21. The number of hydrogen-bond acceptors (Lipinski definition) is 4. The number of aromatic nitrogens is 2. The van der Waals surface area contributed by atoms with E-state index in [1.54, 1.807) is 42.5 Å². The van der Waals surface area contributed by atoms with Crippen molar-refractivity contribution in [3.8, 4) is 5.69 Å². The Kier molecular flexibility index (Phi) is 5.87. The van der Waals surface area contributed by atoms with E-state index >= 15 is 0 Å². The Morgan fingerprint density at radius 3 is 2.93 bits per heavy atom. The van der Waals surface area contributed by atoms with Gasteiger partial charge in [0.25, 0.3) is 0 Å². The number of imidazole rings is 1. The molecule has 0 aliphatic carbocycles. The molecule has 0 saturated carbocycles. The van der Waals surface area contributed by atoms with Gasteiger partial charge in [0.1, 0.15) is 11.9 Å². The second kappa shape index (κ2) is 8.70. The number of rotatable bonds is 4. The lowest BCUT2D eigenvalue weighted by Crippen LogP contribution is -2.53. The molecule has 4 rings (SSSR count). The predicted octanol–water partition coefficient (Wildman–Crippen LogP) is 1.97. The molecule has 150 valence electrons. The van der Waals surface area contributed by atoms with Crippen LogP contribution >= 0.6 is 0 Å². The van der Waals surface area contributed by atoms with E-state index < -0.39 is 0 Å². The van der Waals surface area contributed by atoms with Crippen molar-refractivity contribution < 1.29 is 13.9 Å². The highest BCUT2D eigenvalue weighted by molar-refractivity contribution is 5.80. The summed E-state index contributed by atoms with van der Waals surface area (Å²) in [6.45, 7) is 3.49. The molecule has 7 nitrogen and oxygen atoms in total. The van der Waals surface area contributed by atoms with Crippen LogP contribution in [0.1, 0.15) is 18.4 Å². The normalized spacial score (nSPS) is 23.2. The molecule has 1 N–H and O–H groups in total. The van der Waals surface area contributed by atoms with Crippen molar-refractivity contribution in [3.63, 3.8) is 0 Å². The van der Waals surface area contributed by atoms with Crippen LogP contribution in [0.5, 0.6) is 0 Å². The summed E-state index contributed by atoms with van der Waals surface area (Å²) in [5, 5.41) is 3.34. The maximum absolute atomic E-state index is 14.5. The highest BCUT2D eigenvalue weighted by atomic mass is 19.1. The van der Waals surface area contributed by atoms with Gasteiger partial charge in [-0.2, -0.15) is 0 Å². The molecule has 1 aromatic carbocycles. The summed E-state index contributed by atoms with van der Waals surface area (Å²) in [4.78, 5) is 10.5. The molecule has 2 aromatic rings. The Hall–Kier alpha value is -2.45. The summed E-state index contributed by atoms with van der Waals surface area (Å²) < 4.78 is 27.8. The molecule has 2 unspecified atom stereocenters. The summed E-state index contributed by atoms with van der Waals surface area (Å²) >= 11 is 0. The number of guanidine groups is 1. The van der Waals surface area contributed by atoms with Crippen molar-refractivity contribution in [1.29, 1.82) is 0 Å². The molecule has 0 radical (unpaired) electrons. The monoisotopic (exact) mass is 387 g/mol. The fourth-order valence-electron chi connectivity index (χ4n) is 3.77. The number of morpholine rings is 1. The van der Waals surface area contributed by atoms with Crippen LogP contribution in [0.3, 0.4) is 0 Å². The average molecular weight is 387 g/mol. The van der Waals surface area contributed by atoms with Gasteiger partial charge in [0.15, 0.2) is 5.96 Å². The van der Waals surface area contributed by atoms with E-state index in [4.69, 9.17) is 9.47 Å². The van der Waals surface area contributed by atoms with E-state index in [0.29, 0.717) is 18.8 Å². The van der Waals surface area contributed by atoms with Gasteiger partial charge in [0.05, 0.1) is 24.7 Å². The van der Waals surface area contributed by atoms with Gasteiger partial charge in [-0.05, 0) is 30.5 Å². The number of nitrogens with zero attached hydrogens (tertiary/aromatic N) is 4. The van der Waals surface area contributed by atoms with Crippen LogP contribution in [-0.4, -0.2) is 66.0 Å². The molecule has 2 aliphatic rings. The second-order valence-electron chi connectivity index (χ2n) is 7.06. The first-order chi connectivity index (χ1) is 13.7. The summed E-state index contributed by atoms with van der Waals surface area (Å²) in [6, 6.07) is 5.22. The number of hydrogen-bond donors (Lipinski definition) is 1. The topological polar surface area (TPSA) is 63.9 Å². The molecule has 2 aliphatic heterocycles. The lowest BCUT2D eigenvalue weighted by molar-refractivity contribution is -0.0817. The molecule has 28 heavy (non-hydrogen) atoms. The van der Waals surface area contributed by atoms with Crippen LogP contribution < -0.4 is 5.32 Å². The molecule has 2 saturated heterocycles. The Morgan fingerprint density at radius 1 is 1.32 bits per heavy atom. The van der Waals surface area contributed by atoms with E-state index in [2.05, 4.69) is 20.2 Å². The van der Waals surface area contributed by atoms with Gasteiger partial charge < -0.3 is 24.3 Å². The van der Waals surface area contributed by atoms with Crippen LogP contribution in [0.25, 0.3) is 5.69 Å². The molecule has 2 atom stereocenters. The highest BCUT2D eigenvalue weighted by Gasteiger charge is 2.32. The van der Waals surface area contributed by atoms with Crippen LogP contribution in [-0.2, 0) is 16.0 Å². The molecule has 2 fully saturated rings. The lowest BCUT2D eigenvalue weighted by Gasteiger charge is -2.37. The average Bonchev–Trinajstić information content (AvgIpc) is 3.43. The number of aliphatic imine (C=N–C) groups is 1. The molecular weight excluding hydrogens is 361 g/mol. The third kappa shape index (κ3) is 4.18. The van der Waals surface area contributed by atoms with Gasteiger partial charge in [-0.25, -0.2) is 9.37 Å². The zero-order chi connectivity index (χ0) is 19.3. The number of benzene rings is 1. The molecule has 0 bridgehead atoms. The smallest absolute Gasteiger partial charge is 0.194 e. The van der Waals surface area contributed by atoms with Crippen molar-refractivity contribution >= 4 is 5.96 Å². The van der Waals surface area contributed by atoms with E-state index in [-0.39, 0.29) is 18.0 Å². The second-order valence-corrected chi connectivity index (χ2v) is 7.06. The van der Waals surface area contributed by atoms with Crippen molar-refractivity contribution in [2.75, 3.05) is 33.4 Å². The minimum Gasteiger partial charge on any atom is -0.375 e. The van der Waals surface area contributed by atoms with Gasteiger partial charge in [-0.3, -0.25) is 4.99 Å². The number of ether oxygens (including phenoxy) is 2. The third-order valence-corrected chi connectivity index (χ3v) is 5.23. The summed E-state index contributed by atoms with van der Waals surface area (Å²) in [6.07, 6.45) is 7.32. The van der Waals surface area contributed by atoms with Gasteiger partial charge in [-0.15, -0.1) is 0 Å². The van der Waals surface area contributed by atoms with Gasteiger partial charge in [-0.1, -0.05) is 6.07 Å². The lowest BCUT2D eigenvalue weighted by atomic mass is 10.1. The van der Waals surface area contributed by atoms with Crippen molar-refractivity contribution in [2.45, 2.75) is 31.6 Å². The van der Waals surface area contributed by atoms with E-state index in [0.717, 1.165) is 44.1 Å². The number of halogens is 1. The molecule has 1 aromatic heterocycles. The largest absolute Gasteiger partial charge is 0.375 e. The van der Waals surface area contributed by atoms with Crippen molar-refractivity contribution in [3.05, 3.63) is 48.3 Å². The first-order valence-corrected chi connectivity index (χ1v) is 9.70. The minimum atomic E-state index is -0.280. The Balaban J connectivity index is 1.37. The predicted molar refractivity (Wildman–Crippen MR) is 104 cm³/mol. The molecule has 0 spiro atoms. The summed E-state index contributed by atoms with van der Waals surface area (Å²) in [7, 11) is 1.77. The summed E-state index contributed by atoms with van der Waals surface area (Å²) in [5.74, 6) is 0.516. The standard InChI is InChI=1S/C20H26FN5O2/c1-22-20(25-8-10-28-19(13-25)18-3-2-9-27-18)24-12-15-4-5-17(16(21)11-15)26-7-6-23-14-26/h4-7,11,14,18-19H,2-3,8-10,12-13H2,1H3,(H,22,24). The Bertz CT molecular complexity index is 805. The van der Waals surface area contributed by atoms with Crippen LogP contribution in [0.15, 0.2) is 41.9 Å². The molecule has 0 amide bonds. The van der Waals surface area contributed by atoms with Gasteiger partial charge in [0, 0.05) is 45.7 Å². The van der Waals surface area contributed by atoms with Gasteiger partial charge >= 0.3 is 0 Å². The number of nitrogens with one attached hydrogen (secondary N) is 1. The Labute approximate surface area is 164 Å². The summed E-state index contributed by atoms with van der Waals surface area (Å²) in [5.41, 5.74) is 1.34. The van der Waals surface area contributed by atoms with E-state index in [1.165, 1.54) is 0 Å². The van der Waals surface area contributed by atoms with Crippen LogP contribution in [0.4, 0.5) is 4.39 Å². The molecule has 8 heteroatoms. The van der Waals surface area contributed by atoms with Crippen molar-refractivity contribution in [1.82, 2.24) is 19.8 Å². The van der Waals surface area contributed by atoms with Gasteiger partial charge in [0.2, 0.25) is 0 Å². The quantitative estimate of drug-likeness (QED) is 0.642. The maximum Gasteiger partial charge on any atom is 0.194 e. The zero-order valence-electron chi connectivity index (χ0n) is 16.1. The maximum atomic E-state index is 14.5. The zero-order valence-corrected chi connectivity index (χ0v) is 16.1. The first kappa shape index (κ1) is 18.9. The molecule has 3 heterocycles. The Morgan fingerprint density at radius 2 is 2.21 bits per heavy atom. The fourth-order valence-corrected chi connectivity index (χ4v) is 3.77. The van der Waals surface area contributed by atoms with E-state index in [1.807, 2.05) is 6.07 Å². The van der Waals surface area contributed by atoms with Crippen molar-refractivity contribution in [2.24, 2.45) is 4.99 Å². The minimum absolute atomic E-state index is 0.0710. The van der Waals surface area contributed by atoms with Crippen LogP contribution in [0, 0.1) is 5.82 Å². The third-order valence-electron chi connectivity index (χ3n) is 5.23. The fraction of sp³-hybridized carbons (Fsp3) is 0.500. The first-order valence-electron chi connectivity index (χ1n) is 9.70. The molecular formula is C20H26FN5O2. The SMILES string of the molecule is CN=C(NCc1ccc(-n2ccnc2)c(F)c1)N1CCOC(C2CCCO2)C1. The van der Waals surface area contributed by atoms with Crippen LogP contribution in [0.2, 0.25) is 0 Å².